The molecule has 20 heavy (non-hydrogen) atoms. The Morgan fingerprint density at radius 1 is 1.35 bits per heavy atom. The average Bonchev–Trinajstić information content (AvgIpc) is 2.78. The monoisotopic (exact) mass is 293 g/mol. The van der Waals surface area contributed by atoms with E-state index in [0.717, 1.165) is 22.5 Å². The van der Waals surface area contributed by atoms with Crippen LogP contribution >= 0.6 is 11.3 Å². The van der Waals surface area contributed by atoms with Crippen molar-refractivity contribution in [3.63, 3.8) is 0 Å². The number of nitro groups is 1. The number of hydrogen-bond donors (Lipinski definition) is 1. The van der Waals surface area contributed by atoms with Crippen molar-refractivity contribution >= 4 is 17.0 Å². The highest BCUT2D eigenvalue weighted by Gasteiger charge is 2.23. The maximum atomic E-state index is 11.1. The van der Waals surface area contributed by atoms with Gasteiger partial charge in [-0.25, -0.2) is 0 Å². The Hall–Kier alpha value is -1.92. The predicted octanol–water partition coefficient (Wildman–Crippen LogP) is 4.12. The Labute approximate surface area is 120 Å². The zero-order chi connectivity index (χ0) is 14.9. The molecule has 0 aliphatic heterocycles. The van der Waals surface area contributed by atoms with Gasteiger partial charge in [-0.2, -0.15) is 0 Å². The Morgan fingerprint density at radius 3 is 2.65 bits per heavy atom. The molecule has 2 aromatic rings. The van der Waals surface area contributed by atoms with Gasteiger partial charge >= 0.3 is 5.69 Å². The molecule has 1 heterocycles. The summed E-state index contributed by atoms with van der Waals surface area (Å²) in [6.45, 7) is 5.37. The molecular weight excluding hydrogens is 278 g/mol. The summed E-state index contributed by atoms with van der Waals surface area (Å²) in [5.74, 6) is 0.590. The van der Waals surface area contributed by atoms with Gasteiger partial charge in [0.1, 0.15) is 5.75 Å². The molecule has 0 amide bonds. The highest BCUT2D eigenvalue weighted by atomic mass is 32.1. The van der Waals surface area contributed by atoms with Crippen LogP contribution in [-0.2, 0) is 0 Å². The molecule has 0 bridgehead atoms. The molecule has 2 rings (SSSR count). The smallest absolute Gasteiger partial charge is 0.323 e. The van der Waals surface area contributed by atoms with Crippen molar-refractivity contribution in [3.8, 4) is 10.8 Å². The molecule has 0 aliphatic rings. The number of hydrogen-bond acceptors (Lipinski definition) is 5. The number of aliphatic hydroxyl groups is 1. The number of aliphatic hydroxyl groups excluding tert-OH is 1. The van der Waals surface area contributed by atoms with Crippen molar-refractivity contribution in [2.45, 2.75) is 26.9 Å². The van der Waals surface area contributed by atoms with Crippen molar-refractivity contribution < 1.29 is 14.8 Å². The summed E-state index contributed by atoms with van der Waals surface area (Å²) < 4.78 is 5.68. The molecular formula is C14H15NO4S. The number of thiophene rings is 1. The average molecular weight is 293 g/mol. The van der Waals surface area contributed by atoms with Crippen LogP contribution in [0.2, 0.25) is 0 Å². The summed E-state index contributed by atoms with van der Waals surface area (Å²) in [5.41, 5.74) is 1.80. The number of ether oxygens (including phenoxy) is 1. The van der Waals surface area contributed by atoms with E-state index in [1.807, 2.05) is 32.0 Å². The van der Waals surface area contributed by atoms with E-state index in [1.165, 1.54) is 6.07 Å². The van der Waals surface area contributed by atoms with Gasteiger partial charge in [0.05, 0.1) is 11.0 Å². The minimum absolute atomic E-state index is 0.119. The Balaban J connectivity index is 2.42. The van der Waals surface area contributed by atoms with E-state index in [2.05, 4.69) is 0 Å². The van der Waals surface area contributed by atoms with E-state index in [-0.39, 0.29) is 10.8 Å². The maximum absolute atomic E-state index is 11.1. The van der Waals surface area contributed by atoms with E-state index >= 15 is 0 Å². The molecule has 0 saturated carbocycles. The third kappa shape index (κ3) is 2.97. The van der Waals surface area contributed by atoms with E-state index in [9.17, 15) is 15.2 Å². The van der Waals surface area contributed by atoms with Gasteiger partial charge in [-0.3, -0.25) is 10.1 Å². The Kier molecular flexibility index (Phi) is 4.06. The summed E-state index contributed by atoms with van der Waals surface area (Å²) in [6.07, 6.45) is -0.755. The van der Waals surface area contributed by atoms with Crippen molar-refractivity contribution in [2.24, 2.45) is 0 Å². The van der Waals surface area contributed by atoms with Crippen LogP contribution in [-0.4, -0.2) is 10.0 Å². The molecule has 1 N–H and O–H groups in total. The molecule has 6 heteroatoms. The van der Waals surface area contributed by atoms with Gasteiger partial charge in [-0.15, -0.1) is 0 Å². The minimum Gasteiger partial charge on any atom is -0.440 e. The molecule has 0 saturated heterocycles. The van der Waals surface area contributed by atoms with Crippen molar-refractivity contribution in [3.05, 3.63) is 50.4 Å². The minimum atomic E-state index is -0.755. The number of nitrogens with zero attached hydrogens (tertiary/aromatic N) is 1. The van der Waals surface area contributed by atoms with Gasteiger partial charge in [0.2, 0.25) is 0 Å². The lowest BCUT2D eigenvalue weighted by Crippen LogP contribution is -1.91. The summed E-state index contributed by atoms with van der Waals surface area (Å²) in [5, 5.41) is 20.8. The van der Waals surface area contributed by atoms with Gasteiger partial charge in [-0.05, 0) is 38.0 Å². The summed E-state index contributed by atoms with van der Waals surface area (Å²) in [4.78, 5) is 11.1. The van der Waals surface area contributed by atoms with Crippen LogP contribution in [0.15, 0.2) is 24.3 Å². The quantitative estimate of drug-likeness (QED) is 0.680. The van der Waals surface area contributed by atoms with Crippen molar-refractivity contribution in [1.82, 2.24) is 0 Å². The third-order valence-electron chi connectivity index (χ3n) is 2.85. The lowest BCUT2D eigenvalue weighted by Gasteiger charge is -2.07. The summed E-state index contributed by atoms with van der Waals surface area (Å²) in [6, 6.07) is 7.04. The Bertz CT molecular complexity index is 649. The van der Waals surface area contributed by atoms with Crippen molar-refractivity contribution in [1.29, 1.82) is 0 Å². The van der Waals surface area contributed by atoms with Gasteiger partial charge < -0.3 is 9.84 Å². The first kappa shape index (κ1) is 14.5. The van der Waals surface area contributed by atoms with Crippen LogP contribution in [0.3, 0.4) is 0 Å². The molecule has 1 aromatic carbocycles. The van der Waals surface area contributed by atoms with Gasteiger partial charge in [-0.1, -0.05) is 23.5 Å². The fourth-order valence-corrected chi connectivity index (χ4v) is 2.63. The van der Waals surface area contributed by atoms with Crippen LogP contribution in [0.25, 0.3) is 0 Å². The fourth-order valence-electron chi connectivity index (χ4n) is 1.71. The molecule has 0 spiro atoms. The van der Waals surface area contributed by atoms with Crippen LogP contribution in [0.5, 0.6) is 10.8 Å². The van der Waals surface area contributed by atoms with Crippen LogP contribution in [0, 0.1) is 24.0 Å². The standard InChI is InChI=1S/C14H15NO4S/c1-8-4-5-9(2)12(6-8)19-14-11(15(17)18)7-13(20-14)10(3)16/h4-7,10,16H,1-3H3/t10-/m0/s1. The lowest BCUT2D eigenvalue weighted by atomic mass is 10.1. The van der Waals surface area contributed by atoms with Gasteiger partial charge in [0.15, 0.2) is 0 Å². The second-order valence-corrected chi connectivity index (χ2v) is 5.67. The second-order valence-electron chi connectivity index (χ2n) is 4.63. The topological polar surface area (TPSA) is 72.6 Å². The predicted molar refractivity (Wildman–Crippen MR) is 77.6 cm³/mol. The largest absolute Gasteiger partial charge is 0.440 e. The first-order valence-corrected chi connectivity index (χ1v) is 6.91. The van der Waals surface area contributed by atoms with Crippen LogP contribution in [0.1, 0.15) is 29.0 Å². The molecule has 1 aromatic heterocycles. The molecule has 5 nitrogen and oxygen atoms in total. The normalized spacial score (nSPS) is 12.2. The highest BCUT2D eigenvalue weighted by Crippen LogP contribution is 2.42. The van der Waals surface area contributed by atoms with Gasteiger partial charge in [0, 0.05) is 10.9 Å². The van der Waals surface area contributed by atoms with E-state index in [0.29, 0.717) is 10.6 Å². The lowest BCUT2D eigenvalue weighted by molar-refractivity contribution is -0.385. The fraction of sp³-hybridized carbons (Fsp3) is 0.286. The Morgan fingerprint density at radius 2 is 2.05 bits per heavy atom. The molecule has 0 aliphatic carbocycles. The van der Waals surface area contributed by atoms with Gasteiger partial charge in [0.25, 0.3) is 5.06 Å². The summed E-state index contributed by atoms with van der Waals surface area (Å²) >= 11 is 1.09. The zero-order valence-electron chi connectivity index (χ0n) is 11.4. The van der Waals surface area contributed by atoms with E-state index in [1.54, 1.807) is 6.92 Å². The molecule has 0 fully saturated rings. The molecule has 0 radical (unpaired) electrons. The molecule has 1 atom stereocenters. The molecule has 106 valence electrons. The highest BCUT2D eigenvalue weighted by molar-refractivity contribution is 7.14. The number of rotatable bonds is 4. The maximum Gasteiger partial charge on any atom is 0.323 e. The molecule has 0 unspecified atom stereocenters. The summed E-state index contributed by atoms with van der Waals surface area (Å²) in [7, 11) is 0. The number of aryl methyl sites for hydroxylation is 2. The van der Waals surface area contributed by atoms with Crippen LogP contribution < -0.4 is 4.74 Å². The van der Waals surface area contributed by atoms with E-state index in [4.69, 9.17) is 4.74 Å². The zero-order valence-corrected chi connectivity index (χ0v) is 12.2. The first-order valence-electron chi connectivity index (χ1n) is 6.09. The number of benzene rings is 1. The van der Waals surface area contributed by atoms with E-state index < -0.39 is 11.0 Å². The first-order chi connectivity index (χ1) is 9.38. The third-order valence-corrected chi connectivity index (χ3v) is 4.03. The second kappa shape index (κ2) is 5.60. The SMILES string of the molecule is Cc1ccc(C)c(Oc2sc([C@H](C)O)cc2[N+](=O)[O-])c1. The van der Waals surface area contributed by atoms with Crippen molar-refractivity contribution in [2.75, 3.05) is 0 Å². The van der Waals surface area contributed by atoms with Crippen LogP contribution in [0.4, 0.5) is 5.69 Å².